The van der Waals surface area contributed by atoms with Crippen LogP contribution in [-0.2, 0) is 11.2 Å². The van der Waals surface area contributed by atoms with Gasteiger partial charge in [0.1, 0.15) is 0 Å². The van der Waals surface area contributed by atoms with Gasteiger partial charge in [-0.3, -0.25) is 9.59 Å². The van der Waals surface area contributed by atoms with Gasteiger partial charge in [-0.05, 0) is 18.4 Å². The highest BCUT2D eigenvalue weighted by molar-refractivity contribution is 8.01. The second-order valence-corrected chi connectivity index (χ2v) is 7.84. The molecule has 0 radical (unpaired) electrons. The van der Waals surface area contributed by atoms with Crippen molar-refractivity contribution < 1.29 is 9.59 Å². The zero-order valence-corrected chi connectivity index (χ0v) is 16.2. The molecule has 2 aromatic rings. The van der Waals surface area contributed by atoms with Crippen LogP contribution < -0.4 is 5.32 Å². The Morgan fingerprint density at radius 1 is 1.12 bits per heavy atom. The van der Waals surface area contributed by atoms with Crippen molar-refractivity contribution in [3.05, 3.63) is 35.4 Å². The molecule has 2 rings (SSSR count). The van der Waals surface area contributed by atoms with Gasteiger partial charge in [0.05, 0.1) is 5.75 Å². The number of amides is 1. The van der Waals surface area contributed by atoms with Crippen molar-refractivity contribution in [2.75, 3.05) is 11.1 Å². The van der Waals surface area contributed by atoms with Gasteiger partial charge < -0.3 is 5.32 Å². The normalized spacial score (nSPS) is 10.6. The molecule has 1 aromatic heterocycles. The molecule has 7 heteroatoms. The Labute approximate surface area is 156 Å². The van der Waals surface area contributed by atoms with Crippen LogP contribution in [0.4, 0.5) is 5.13 Å². The Morgan fingerprint density at radius 3 is 2.56 bits per heavy atom. The number of benzene rings is 1. The van der Waals surface area contributed by atoms with Gasteiger partial charge in [0.15, 0.2) is 10.1 Å². The number of nitrogens with zero attached hydrogens (tertiary/aromatic N) is 2. The van der Waals surface area contributed by atoms with Crippen LogP contribution in [0.3, 0.4) is 0 Å². The number of aromatic nitrogens is 2. The number of carbonyl (C=O) groups is 2. The first-order valence-corrected chi connectivity index (χ1v) is 10.3. The Bertz CT molecular complexity index is 699. The van der Waals surface area contributed by atoms with Gasteiger partial charge in [-0.2, -0.15) is 0 Å². The highest BCUT2D eigenvalue weighted by Crippen LogP contribution is 2.26. The highest BCUT2D eigenvalue weighted by Gasteiger charge is 2.11. The van der Waals surface area contributed by atoms with E-state index in [9.17, 15) is 9.59 Å². The van der Waals surface area contributed by atoms with Crippen LogP contribution in [0.2, 0.25) is 0 Å². The van der Waals surface area contributed by atoms with Gasteiger partial charge in [-0.1, -0.05) is 74.1 Å². The maximum atomic E-state index is 12.3. The molecule has 0 aliphatic carbocycles. The Morgan fingerprint density at radius 2 is 1.88 bits per heavy atom. The van der Waals surface area contributed by atoms with Crippen molar-refractivity contribution in [1.82, 2.24) is 10.2 Å². The maximum absolute atomic E-state index is 12.3. The number of unbranched alkanes of at least 4 members (excludes halogenated alkanes) is 2. The topological polar surface area (TPSA) is 72.0 Å². The van der Waals surface area contributed by atoms with Gasteiger partial charge in [-0.25, -0.2) is 0 Å². The van der Waals surface area contributed by atoms with Crippen LogP contribution >= 0.6 is 23.1 Å². The molecule has 1 amide bonds. The molecule has 0 aliphatic rings. The smallest absolute Gasteiger partial charge is 0.225 e. The molecule has 1 aromatic carbocycles. The third-order valence-corrected chi connectivity index (χ3v) is 5.62. The van der Waals surface area contributed by atoms with Gasteiger partial charge >= 0.3 is 0 Å². The number of carbonyl (C=O) groups excluding carboxylic acids is 2. The fraction of sp³-hybridized carbons (Fsp3) is 0.444. The van der Waals surface area contributed by atoms with Crippen LogP contribution in [0.5, 0.6) is 0 Å². The lowest BCUT2D eigenvalue weighted by atomic mass is 10.0. The maximum Gasteiger partial charge on any atom is 0.225 e. The molecule has 0 aliphatic heterocycles. The van der Waals surface area contributed by atoms with E-state index in [1.807, 2.05) is 24.3 Å². The molecule has 0 fully saturated rings. The number of rotatable bonds is 10. The monoisotopic (exact) mass is 377 g/mol. The molecular weight excluding hydrogens is 354 g/mol. The highest BCUT2D eigenvalue weighted by atomic mass is 32.2. The van der Waals surface area contributed by atoms with E-state index in [4.69, 9.17) is 0 Å². The summed E-state index contributed by atoms with van der Waals surface area (Å²) in [6, 6.07) is 7.88. The summed E-state index contributed by atoms with van der Waals surface area (Å²) in [6.45, 7) is 3.97. The van der Waals surface area contributed by atoms with E-state index >= 15 is 0 Å². The second-order valence-electron chi connectivity index (χ2n) is 5.64. The molecule has 5 nitrogen and oxygen atoms in total. The standard InChI is InChI=1S/C18H23N3O2S2/c1-3-5-6-7-13-8-10-14(11-9-13)15(22)12-24-18-21-20-17(25-18)19-16(23)4-2/h8-11H,3-7,12H2,1-2H3,(H,19,20,23). The fourth-order valence-corrected chi connectivity index (χ4v) is 3.84. The van der Waals surface area contributed by atoms with E-state index in [-0.39, 0.29) is 11.7 Å². The third-order valence-electron chi connectivity index (χ3n) is 3.65. The van der Waals surface area contributed by atoms with Crippen molar-refractivity contribution in [3.8, 4) is 0 Å². The minimum atomic E-state index is -0.0946. The van der Waals surface area contributed by atoms with E-state index in [1.165, 1.54) is 47.9 Å². The first kappa shape index (κ1) is 19.6. The van der Waals surface area contributed by atoms with E-state index in [2.05, 4.69) is 22.4 Å². The van der Waals surface area contributed by atoms with Crippen LogP contribution in [0.15, 0.2) is 28.6 Å². The van der Waals surface area contributed by atoms with Gasteiger partial charge in [0.25, 0.3) is 0 Å². The van der Waals surface area contributed by atoms with Crippen LogP contribution in [0, 0.1) is 0 Å². The molecule has 1 heterocycles. The molecule has 0 spiro atoms. The SMILES string of the molecule is CCCCCc1ccc(C(=O)CSc2nnc(NC(=O)CC)s2)cc1. The zero-order valence-electron chi connectivity index (χ0n) is 14.6. The van der Waals surface area contributed by atoms with E-state index < -0.39 is 0 Å². The van der Waals surface area contributed by atoms with Gasteiger partial charge in [0, 0.05) is 12.0 Å². The number of Topliss-reactive ketones (excluding diaryl/α,β-unsaturated/α-hetero) is 1. The average Bonchev–Trinajstić information content (AvgIpc) is 3.07. The second kappa shape index (κ2) is 10.3. The van der Waals surface area contributed by atoms with Crippen molar-refractivity contribution in [3.63, 3.8) is 0 Å². The van der Waals surface area contributed by atoms with Crippen LogP contribution in [-0.4, -0.2) is 27.6 Å². The number of hydrogen-bond donors (Lipinski definition) is 1. The number of aryl methyl sites for hydroxylation is 1. The molecule has 0 unspecified atom stereocenters. The summed E-state index contributed by atoms with van der Waals surface area (Å²) < 4.78 is 0.677. The van der Waals surface area contributed by atoms with Crippen LogP contribution in [0.25, 0.3) is 0 Å². The van der Waals surface area contributed by atoms with Crippen molar-refractivity contribution in [2.45, 2.75) is 50.3 Å². The molecule has 0 atom stereocenters. The Balaban J connectivity index is 1.82. The fourth-order valence-electron chi connectivity index (χ4n) is 2.17. The quantitative estimate of drug-likeness (QED) is 0.284. The Hall–Kier alpha value is -1.73. The summed E-state index contributed by atoms with van der Waals surface area (Å²) in [7, 11) is 0. The van der Waals surface area contributed by atoms with E-state index in [0.29, 0.717) is 21.6 Å². The molecule has 1 N–H and O–H groups in total. The largest absolute Gasteiger partial charge is 0.301 e. The number of nitrogens with one attached hydrogen (secondary N) is 1. The molecule has 25 heavy (non-hydrogen) atoms. The molecule has 0 saturated carbocycles. The summed E-state index contributed by atoms with van der Waals surface area (Å²) >= 11 is 2.63. The third kappa shape index (κ3) is 6.59. The van der Waals surface area contributed by atoms with E-state index in [1.54, 1.807) is 6.92 Å². The predicted molar refractivity (Wildman–Crippen MR) is 104 cm³/mol. The molecule has 134 valence electrons. The number of thioether (sulfide) groups is 1. The van der Waals surface area contributed by atoms with Gasteiger partial charge in [-0.15, -0.1) is 10.2 Å². The number of anilines is 1. The van der Waals surface area contributed by atoms with Crippen molar-refractivity contribution in [2.24, 2.45) is 0 Å². The first-order chi connectivity index (χ1) is 12.1. The first-order valence-electron chi connectivity index (χ1n) is 8.50. The lowest BCUT2D eigenvalue weighted by Gasteiger charge is -2.03. The Kier molecular flexibility index (Phi) is 8.08. The minimum absolute atomic E-state index is 0.0689. The number of hydrogen-bond acceptors (Lipinski definition) is 6. The lowest BCUT2D eigenvalue weighted by Crippen LogP contribution is -2.08. The minimum Gasteiger partial charge on any atom is -0.301 e. The van der Waals surface area contributed by atoms with Crippen molar-refractivity contribution in [1.29, 1.82) is 0 Å². The summed E-state index contributed by atoms with van der Waals surface area (Å²) in [5.74, 6) is 0.285. The summed E-state index contributed by atoms with van der Waals surface area (Å²) in [5.41, 5.74) is 1.99. The lowest BCUT2D eigenvalue weighted by molar-refractivity contribution is -0.115. The summed E-state index contributed by atoms with van der Waals surface area (Å²) in [4.78, 5) is 23.6. The summed E-state index contributed by atoms with van der Waals surface area (Å²) in [6.07, 6.45) is 5.10. The van der Waals surface area contributed by atoms with E-state index in [0.717, 1.165) is 12.0 Å². The van der Waals surface area contributed by atoms with Gasteiger partial charge in [0.2, 0.25) is 11.0 Å². The molecule has 0 bridgehead atoms. The number of ketones is 1. The summed E-state index contributed by atoms with van der Waals surface area (Å²) in [5, 5.41) is 11.0. The van der Waals surface area contributed by atoms with Crippen molar-refractivity contribution >= 4 is 39.9 Å². The average molecular weight is 378 g/mol. The molecule has 0 saturated heterocycles. The predicted octanol–water partition coefficient (Wildman–Crippen LogP) is 4.59. The zero-order chi connectivity index (χ0) is 18.1. The molecular formula is C18H23N3O2S2. The van der Waals surface area contributed by atoms with Crippen LogP contribution in [0.1, 0.15) is 55.5 Å².